The molecule has 0 bridgehead atoms. The molecule has 0 saturated carbocycles. The minimum absolute atomic E-state index is 0. The molecule has 2 fully saturated rings. The van der Waals surface area contributed by atoms with Crippen LogP contribution in [-0.4, -0.2) is 12.1 Å². The van der Waals surface area contributed by atoms with Crippen molar-refractivity contribution in [3.8, 4) is 0 Å². The van der Waals surface area contributed by atoms with Crippen LogP contribution >= 0.6 is 7.87 Å². The van der Waals surface area contributed by atoms with E-state index in [4.69, 9.17) is 0 Å². The van der Waals surface area contributed by atoms with Crippen molar-refractivity contribution in [1.29, 1.82) is 0 Å². The molecule has 0 aliphatic carbocycles. The van der Waals surface area contributed by atoms with Gasteiger partial charge in [-0.2, -0.15) is 0 Å². The van der Waals surface area contributed by atoms with Crippen LogP contribution in [0.15, 0.2) is 97.1 Å². The van der Waals surface area contributed by atoms with Crippen molar-refractivity contribution < 1.29 is 30.0 Å². The van der Waals surface area contributed by atoms with Crippen LogP contribution in [0, 0.1) is 35.1 Å². The van der Waals surface area contributed by atoms with Gasteiger partial charge in [-0.1, -0.05) is 76.2 Å². The smallest absolute Gasteiger partial charge is 0.301 e. The predicted octanol–water partition coefficient (Wildman–Crippen LogP) is 4.55. The first-order valence-electron chi connectivity index (χ1n) is 14.6. The number of nitrogens with one attached hydrogen (secondary N) is 4. The zero-order valence-electron chi connectivity index (χ0n) is 24.9. The Bertz CT molecular complexity index is 1370. The van der Waals surface area contributed by atoms with Crippen LogP contribution in [0.5, 0.6) is 0 Å². The topological polar surface area (TPSA) is 48.1 Å². The Morgan fingerprint density at radius 3 is 0.909 bits per heavy atom. The molecule has 2 atom stereocenters. The third-order valence-electron chi connectivity index (χ3n) is 8.82. The molecule has 232 valence electrons. The Kier molecular flexibility index (Phi) is 9.00. The quantitative estimate of drug-likeness (QED) is 0.184. The van der Waals surface area contributed by atoms with Gasteiger partial charge in [0.25, 0.3) is 0 Å². The lowest BCUT2D eigenvalue weighted by Gasteiger charge is -2.35. The zero-order valence-corrected chi connectivity index (χ0v) is 26.5. The Hall–Kier alpha value is -2.84. The monoisotopic (exact) mass is 642 g/mol. The molecule has 4 N–H and O–H groups in total. The van der Waals surface area contributed by atoms with E-state index in [9.17, 15) is 17.6 Å². The fourth-order valence-electron chi connectivity index (χ4n) is 6.93. The van der Waals surface area contributed by atoms with E-state index in [0.29, 0.717) is 0 Å². The molecule has 6 rings (SSSR count). The van der Waals surface area contributed by atoms with Crippen molar-refractivity contribution in [3.05, 3.63) is 143 Å². The van der Waals surface area contributed by atoms with Gasteiger partial charge >= 0.3 is 7.87 Å². The maximum absolute atomic E-state index is 14.2. The van der Waals surface area contributed by atoms with Crippen molar-refractivity contribution in [3.63, 3.8) is 0 Å². The molecular weight excluding hydrogens is 607 g/mol. The second-order valence-electron chi connectivity index (χ2n) is 12.2. The van der Waals surface area contributed by atoms with Crippen LogP contribution in [0.1, 0.15) is 49.9 Å². The second kappa shape index (κ2) is 12.2. The summed E-state index contributed by atoms with van der Waals surface area (Å²) in [4.78, 5) is 0. The molecule has 44 heavy (non-hydrogen) atoms. The summed E-state index contributed by atoms with van der Waals surface area (Å²) in [5.41, 5.74) is 1.55. The summed E-state index contributed by atoms with van der Waals surface area (Å²) in [6.45, 7) is 8.47. The van der Waals surface area contributed by atoms with Gasteiger partial charge in [-0.3, -0.25) is 0 Å². The summed E-state index contributed by atoms with van der Waals surface area (Å²) in [6.07, 6.45) is 0. The summed E-state index contributed by atoms with van der Waals surface area (Å²) < 4.78 is 56.9. The minimum atomic E-state index is -2.74. The van der Waals surface area contributed by atoms with Gasteiger partial charge in [-0.15, -0.1) is 20.3 Å². The van der Waals surface area contributed by atoms with Gasteiger partial charge in [-0.25, -0.2) is 17.6 Å². The van der Waals surface area contributed by atoms with Gasteiger partial charge < -0.3 is 12.4 Å². The Morgan fingerprint density at radius 2 is 0.705 bits per heavy atom. The summed E-state index contributed by atoms with van der Waals surface area (Å²) in [7, 11) is -2.74. The average molecular weight is 643 g/mol. The van der Waals surface area contributed by atoms with E-state index in [2.05, 4.69) is 48.0 Å². The van der Waals surface area contributed by atoms with E-state index in [1.54, 1.807) is 48.5 Å². The van der Waals surface area contributed by atoms with Gasteiger partial charge in [0, 0.05) is 0 Å². The highest BCUT2D eigenvalue weighted by Crippen LogP contribution is 2.65. The highest BCUT2D eigenvalue weighted by Gasteiger charge is 2.71. The molecule has 4 nitrogen and oxygen atoms in total. The van der Waals surface area contributed by atoms with Crippen LogP contribution in [0.25, 0.3) is 0 Å². The van der Waals surface area contributed by atoms with E-state index >= 15 is 0 Å². The average Bonchev–Trinajstić information content (AvgIpc) is 3.51. The predicted molar refractivity (Wildman–Crippen MR) is 164 cm³/mol. The molecule has 0 unspecified atom stereocenters. The summed E-state index contributed by atoms with van der Waals surface area (Å²) in [6, 6.07) is 25.3. The lowest BCUT2D eigenvalue weighted by Crippen LogP contribution is -3.00. The standard InChI is InChI=1S/C34H36F4N4P.ClH/c1-21(2)31-33(23-5-13-27(35)14-6-23,24-7-15-28(36)16-8-24)41-43(39-31)40-32(22(3)4)34(42-43,25-9-17-29(37)18-10-25)26-11-19-30(38)20-12-26;/h5-22,31-32,39-42H,1-4H3;1H/q+1;/p-1/t31-,32-,43?;/m0./s1. The third-order valence-corrected chi connectivity index (χ3v) is 11.5. The zero-order chi connectivity index (χ0) is 30.6. The number of halogens is 5. The minimum Gasteiger partial charge on any atom is -1.00 e. The van der Waals surface area contributed by atoms with E-state index in [1.165, 1.54) is 48.5 Å². The van der Waals surface area contributed by atoms with Crippen molar-refractivity contribution in [2.75, 3.05) is 0 Å². The Morgan fingerprint density at radius 1 is 0.477 bits per heavy atom. The normalized spacial score (nSPS) is 21.6. The number of rotatable bonds is 6. The van der Waals surface area contributed by atoms with E-state index in [-0.39, 0.29) is 59.6 Å². The molecule has 2 aliphatic heterocycles. The highest BCUT2D eigenvalue weighted by atomic mass is 35.5. The number of benzene rings is 4. The van der Waals surface area contributed by atoms with E-state index in [1.807, 2.05) is 0 Å². The molecule has 0 amide bonds. The van der Waals surface area contributed by atoms with Crippen molar-refractivity contribution in [1.82, 2.24) is 20.3 Å². The Labute approximate surface area is 263 Å². The first-order valence-corrected chi connectivity index (χ1v) is 16.4. The number of hydrogen-bond acceptors (Lipinski definition) is 4. The second-order valence-corrected chi connectivity index (χ2v) is 14.5. The van der Waals surface area contributed by atoms with Crippen LogP contribution in [0.2, 0.25) is 0 Å². The van der Waals surface area contributed by atoms with E-state index in [0.717, 1.165) is 22.3 Å². The molecule has 4 aromatic rings. The highest BCUT2D eigenvalue weighted by molar-refractivity contribution is 7.69. The lowest BCUT2D eigenvalue weighted by molar-refractivity contribution is -0.0000118. The van der Waals surface area contributed by atoms with E-state index < -0.39 is 18.9 Å². The van der Waals surface area contributed by atoms with Crippen molar-refractivity contribution in [2.45, 2.75) is 50.9 Å². The maximum atomic E-state index is 14.2. The van der Waals surface area contributed by atoms with Gasteiger partial charge in [0.2, 0.25) is 0 Å². The summed E-state index contributed by atoms with van der Waals surface area (Å²) in [5.74, 6) is -1.24. The van der Waals surface area contributed by atoms with Crippen LogP contribution in [0.3, 0.4) is 0 Å². The lowest BCUT2D eigenvalue weighted by atomic mass is 9.74. The number of hydrogen-bond donors (Lipinski definition) is 4. The fourth-order valence-corrected chi connectivity index (χ4v) is 11.0. The first kappa shape index (κ1) is 32.6. The Balaban J connectivity index is 0.00000384. The largest absolute Gasteiger partial charge is 1.00 e. The summed E-state index contributed by atoms with van der Waals surface area (Å²) in [5, 5.41) is 15.8. The van der Waals surface area contributed by atoms with Crippen LogP contribution in [0.4, 0.5) is 17.6 Å². The van der Waals surface area contributed by atoms with Gasteiger partial charge in [-0.05, 0) is 82.6 Å². The molecule has 2 saturated heterocycles. The molecule has 2 heterocycles. The molecule has 0 aromatic heterocycles. The van der Waals surface area contributed by atoms with Gasteiger partial charge in [0.05, 0.1) is 12.1 Å². The molecule has 0 radical (unpaired) electrons. The SMILES string of the molecule is CC(C)[C@@H]1N[P+]2(N[C@@H](C(C)C)C(c3ccc(F)cc3)(c3ccc(F)cc3)N2)NC1(c1ccc(F)cc1)c1ccc(F)cc1.[Cl-]. The van der Waals surface area contributed by atoms with Crippen LogP contribution < -0.4 is 32.8 Å². The van der Waals surface area contributed by atoms with Gasteiger partial charge in [0.1, 0.15) is 34.3 Å². The third kappa shape index (κ3) is 5.36. The van der Waals surface area contributed by atoms with Crippen molar-refractivity contribution >= 4 is 7.87 Å². The molecule has 4 aromatic carbocycles. The fraction of sp³-hybridized carbons (Fsp3) is 0.294. The first-order chi connectivity index (χ1) is 20.5. The molecule has 1 spiro atoms. The maximum Gasteiger partial charge on any atom is 0.301 e. The van der Waals surface area contributed by atoms with Crippen LogP contribution in [-0.2, 0) is 11.1 Å². The summed E-state index contributed by atoms with van der Waals surface area (Å²) >= 11 is 0. The van der Waals surface area contributed by atoms with Crippen molar-refractivity contribution in [2.24, 2.45) is 11.8 Å². The molecular formula is C34H36ClF4N4P. The van der Waals surface area contributed by atoms with Gasteiger partial charge in [0.15, 0.2) is 0 Å². The molecule has 10 heteroatoms. The molecule has 2 aliphatic rings.